The lowest BCUT2D eigenvalue weighted by Gasteiger charge is -2.09. The van der Waals surface area contributed by atoms with Crippen LogP contribution in [0.15, 0.2) is 58.1 Å². The molecule has 0 aromatic heterocycles. The van der Waals surface area contributed by atoms with Gasteiger partial charge < -0.3 is 9.47 Å². The SMILES string of the molecule is CCC(=NNC(=O)COc1ccc(OC)cc1Br)c1ccccc1. The first-order chi connectivity index (χ1) is 11.6. The molecule has 5 nitrogen and oxygen atoms in total. The summed E-state index contributed by atoms with van der Waals surface area (Å²) < 4.78 is 11.3. The van der Waals surface area contributed by atoms with E-state index in [9.17, 15) is 4.79 Å². The average molecular weight is 391 g/mol. The molecule has 0 aliphatic carbocycles. The van der Waals surface area contributed by atoms with E-state index in [1.807, 2.05) is 37.3 Å². The molecule has 24 heavy (non-hydrogen) atoms. The Balaban J connectivity index is 1.92. The second-order valence-corrected chi connectivity index (χ2v) is 5.75. The first-order valence-corrected chi connectivity index (χ1v) is 8.30. The van der Waals surface area contributed by atoms with E-state index >= 15 is 0 Å². The first-order valence-electron chi connectivity index (χ1n) is 7.51. The van der Waals surface area contributed by atoms with E-state index in [0.29, 0.717) is 11.5 Å². The molecule has 0 fully saturated rings. The lowest BCUT2D eigenvalue weighted by molar-refractivity contribution is -0.123. The Labute approximate surface area is 149 Å². The number of methoxy groups -OCH3 is 1. The third kappa shape index (κ3) is 5.09. The summed E-state index contributed by atoms with van der Waals surface area (Å²) in [6, 6.07) is 15.0. The Morgan fingerprint density at radius 2 is 1.96 bits per heavy atom. The quantitative estimate of drug-likeness (QED) is 0.578. The Hall–Kier alpha value is -2.34. The molecule has 0 spiro atoms. The highest BCUT2D eigenvalue weighted by Gasteiger charge is 2.07. The molecular formula is C18H19BrN2O3. The van der Waals surface area contributed by atoms with Crippen LogP contribution in [0.3, 0.4) is 0 Å². The van der Waals surface area contributed by atoms with Crippen LogP contribution in [-0.4, -0.2) is 25.3 Å². The van der Waals surface area contributed by atoms with Gasteiger partial charge in [0.25, 0.3) is 5.91 Å². The Bertz CT molecular complexity index is 717. The second-order valence-electron chi connectivity index (χ2n) is 4.90. The normalized spacial score (nSPS) is 11.0. The monoisotopic (exact) mass is 390 g/mol. The Morgan fingerprint density at radius 1 is 1.21 bits per heavy atom. The van der Waals surface area contributed by atoms with Crippen molar-refractivity contribution in [1.29, 1.82) is 0 Å². The number of hydrazone groups is 1. The fraction of sp³-hybridized carbons (Fsp3) is 0.222. The van der Waals surface area contributed by atoms with Gasteiger partial charge in [-0.15, -0.1) is 0 Å². The average Bonchev–Trinajstić information content (AvgIpc) is 2.62. The van der Waals surface area contributed by atoms with Gasteiger partial charge in [0, 0.05) is 0 Å². The smallest absolute Gasteiger partial charge is 0.277 e. The summed E-state index contributed by atoms with van der Waals surface area (Å²) in [5.41, 5.74) is 4.33. The number of hydrogen-bond acceptors (Lipinski definition) is 4. The van der Waals surface area contributed by atoms with E-state index < -0.39 is 0 Å². The Kier molecular flexibility index (Phi) is 6.81. The molecule has 0 atom stereocenters. The van der Waals surface area contributed by atoms with Crippen LogP contribution in [0.1, 0.15) is 18.9 Å². The van der Waals surface area contributed by atoms with Gasteiger partial charge in [0.05, 0.1) is 17.3 Å². The van der Waals surface area contributed by atoms with E-state index in [1.165, 1.54) is 0 Å². The number of ether oxygens (including phenoxy) is 2. The maximum Gasteiger partial charge on any atom is 0.277 e. The minimum atomic E-state index is -0.320. The van der Waals surface area contributed by atoms with Gasteiger partial charge in [-0.25, -0.2) is 5.43 Å². The largest absolute Gasteiger partial charge is 0.497 e. The molecule has 0 saturated heterocycles. The first kappa shape index (κ1) is 18.0. The summed E-state index contributed by atoms with van der Waals surface area (Å²) in [4.78, 5) is 11.9. The van der Waals surface area contributed by atoms with Crippen LogP contribution in [-0.2, 0) is 4.79 Å². The molecule has 0 radical (unpaired) electrons. The van der Waals surface area contributed by atoms with Gasteiger partial charge in [0.2, 0.25) is 0 Å². The fourth-order valence-corrected chi connectivity index (χ4v) is 2.48. The summed E-state index contributed by atoms with van der Waals surface area (Å²) in [5, 5.41) is 4.18. The number of hydrogen-bond donors (Lipinski definition) is 1. The molecule has 2 aromatic carbocycles. The molecule has 2 rings (SSSR count). The van der Waals surface area contributed by atoms with Crippen molar-refractivity contribution in [3.05, 3.63) is 58.6 Å². The predicted octanol–water partition coefficient (Wildman–Crippen LogP) is 3.77. The van der Waals surface area contributed by atoms with Gasteiger partial charge in [-0.2, -0.15) is 5.10 Å². The third-order valence-corrected chi connectivity index (χ3v) is 3.87. The minimum absolute atomic E-state index is 0.125. The number of rotatable bonds is 7. The van der Waals surface area contributed by atoms with Crippen molar-refractivity contribution in [3.8, 4) is 11.5 Å². The molecule has 0 aliphatic rings. The number of nitrogens with one attached hydrogen (secondary N) is 1. The van der Waals surface area contributed by atoms with Gasteiger partial charge in [0.1, 0.15) is 11.5 Å². The molecule has 0 saturated carbocycles. The standard InChI is InChI=1S/C18H19BrN2O3/c1-3-16(13-7-5-4-6-8-13)20-21-18(22)12-24-17-10-9-14(23-2)11-15(17)19/h4-11H,3,12H2,1-2H3,(H,21,22). The van der Waals surface area contributed by atoms with E-state index in [-0.39, 0.29) is 12.5 Å². The second kappa shape index (κ2) is 9.08. The molecule has 0 aliphatic heterocycles. The molecule has 0 unspecified atom stereocenters. The number of amides is 1. The number of halogens is 1. The molecule has 126 valence electrons. The van der Waals surface area contributed by atoms with Crippen LogP contribution in [0.5, 0.6) is 11.5 Å². The topological polar surface area (TPSA) is 59.9 Å². The highest BCUT2D eigenvalue weighted by atomic mass is 79.9. The molecular weight excluding hydrogens is 372 g/mol. The van der Waals surface area contributed by atoms with Crippen molar-refractivity contribution >= 4 is 27.5 Å². The maximum absolute atomic E-state index is 11.9. The molecule has 0 bridgehead atoms. The van der Waals surface area contributed by atoms with Gasteiger partial charge in [-0.1, -0.05) is 37.3 Å². The highest BCUT2D eigenvalue weighted by molar-refractivity contribution is 9.10. The Morgan fingerprint density at radius 3 is 2.58 bits per heavy atom. The zero-order valence-electron chi connectivity index (χ0n) is 13.6. The zero-order chi connectivity index (χ0) is 17.4. The van der Waals surface area contributed by atoms with Gasteiger partial charge in [-0.05, 0) is 46.1 Å². The summed E-state index contributed by atoms with van der Waals surface area (Å²) >= 11 is 3.38. The number of carbonyl (C=O) groups is 1. The lowest BCUT2D eigenvalue weighted by Crippen LogP contribution is -2.26. The van der Waals surface area contributed by atoms with E-state index in [2.05, 4.69) is 26.5 Å². The number of nitrogens with zero attached hydrogens (tertiary/aromatic N) is 1. The minimum Gasteiger partial charge on any atom is -0.497 e. The fourth-order valence-electron chi connectivity index (χ4n) is 2.01. The predicted molar refractivity (Wildman–Crippen MR) is 97.6 cm³/mol. The molecule has 1 N–H and O–H groups in total. The van der Waals surface area contributed by atoms with Crippen LogP contribution in [0.2, 0.25) is 0 Å². The van der Waals surface area contributed by atoms with Crippen molar-refractivity contribution < 1.29 is 14.3 Å². The summed E-state index contributed by atoms with van der Waals surface area (Å²) in [6.07, 6.45) is 0.717. The van der Waals surface area contributed by atoms with Gasteiger partial charge in [-0.3, -0.25) is 4.79 Å². The van der Waals surface area contributed by atoms with Gasteiger partial charge >= 0.3 is 0 Å². The van der Waals surface area contributed by atoms with Crippen LogP contribution < -0.4 is 14.9 Å². The van der Waals surface area contributed by atoms with Crippen molar-refractivity contribution in [1.82, 2.24) is 5.43 Å². The lowest BCUT2D eigenvalue weighted by atomic mass is 10.1. The van der Waals surface area contributed by atoms with E-state index in [4.69, 9.17) is 9.47 Å². The third-order valence-electron chi connectivity index (χ3n) is 3.26. The van der Waals surface area contributed by atoms with Gasteiger partial charge in [0.15, 0.2) is 6.61 Å². The van der Waals surface area contributed by atoms with Crippen molar-refractivity contribution in [2.45, 2.75) is 13.3 Å². The van der Waals surface area contributed by atoms with Crippen molar-refractivity contribution in [3.63, 3.8) is 0 Å². The highest BCUT2D eigenvalue weighted by Crippen LogP contribution is 2.28. The van der Waals surface area contributed by atoms with E-state index in [1.54, 1.807) is 25.3 Å². The molecule has 2 aromatic rings. The number of carbonyl (C=O) groups excluding carboxylic acids is 1. The summed E-state index contributed by atoms with van der Waals surface area (Å²) in [5.74, 6) is 0.951. The van der Waals surface area contributed by atoms with Crippen LogP contribution >= 0.6 is 15.9 Å². The molecule has 1 amide bonds. The molecule has 6 heteroatoms. The van der Waals surface area contributed by atoms with Crippen molar-refractivity contribution in [2.24, 2.45) is 5.10 Å². The maximum atomic E-state index is 11.9. The summed E-state index contributed by atoms with van der Waals surface area (Å²) in [6.45, 7) is 1.86. The zero-order valence-corrected chi connectivity index (χ0v) is 15.2. The number of benzene rings is 2. The summed E-state index contributed by atoms with van der Waals surface area (Å²) in [7, 11) is 1.59. The van der Waals surface area contributed by atoms with Crippen LogP contribution in [0.25, 0.3) is 0 Å². The van der Waals surface area contributed by atoms with E-state index in [0.717, 1.165) is 22.2 Å². The molecule has 0 heterocycles. The van der Waals surface area contributed by atoms with Crippen LogP contribution in [0.4, 0.5) is 0 Å². The van der Waals surface area contributed by atoms with Crippen molar-refractivity contribution in [2.75, 3.05) is 13.7 Å². The van der Waals surface area contributed by atoms with Crippen LogP contribution in [0, 0.1) is 0 Å².